The number of ketones is 2. The zero-order valence-corrected chi connectivity index (χ0v) is 14.1. The molecule has 0 atom stereocenters. The molecule has 26 heavy (non-hydrogen) atoms. The second-order valence-corrected chi connectivity index (χ2v) is 6.08. The van der Waals surface area contributed by atoms with Crippen molar-refractivity contribution in [2.45, 2.75) is 6.54 Å². The van der Waals surface area contributed by atoms with Crippen LogP contribution in [0.15, 0.2) is 60.8 Å². The van der Waals surface area contributed by atoms with E-state index in [2.05, 4.69) is 0 Å². The molecule has 1 aliphatic rings. The smallest absolute Gasteiger partial charge is 0.340 e. The van der Waals surface area contributed by atoms with Crippen LogP contribution in [0.3, 0.4) is 0 Å². The van der Waals surface area contributed by atoms with Crippen LogP contribution in [0.25, 0.3) is 0 Å². The maximum atomic E-state index is 13.1. The number of ether oxygens (including phenoxy) is 1. The lowest BCUT2D eigenvalue weighted by atomic mass is 9.86. The Hall–Kier alpha value is -3.47. The first kappa shape index (κ1) is 16.0. The van der Waals surface area contributed by atoms with E-state index in [1.165, 1.54) is 13.3 Å². The number of fused-ring (bicyclic) bond motifs is 2. The predicted molar refractivity (Wildman–Crippen MR) is 94.6 cm³/mol. The van der Waals surface area contributed by atoms with Crippen molar-refractivity contribution in [3.05, 3.63) is 94.3 Å². The number of methoxy groups -OCH3 is 1. The number of rotatable bonds is 3. The van der Waals surface area contributed by atoms with E-state index in [0.717, 1.165) is 5.56 Å². The summed E-state index contributed by atoms with van der Waals surface area (Å²) in [5, 5.41) is 0. The minimum atomic E-state index is -0.631. The summed E-state index contributed by atoms with van der Waals surface area (Å²) >= 11 is 0. The van der Waals surface area contributed by atoms with E-state index < -0.39 is 5.97 Å². The van der Waals surface area contributed by atoms with Gasteiger partial charge in [-0.1, -0.05) is 54.6 Å². The molecule has 1 aliphatic carbocycles. The molecule has 0 N–H and O–H groups in total. The number of benzene rings is 2. The van der Waals surface area contributed by atoms with Crippen LogP contribution in [0.4, 0.5) is 0 Å². The van der Waals surface area contributed by atoms with Gasteiger partial charge in [-0.2, -0.15) is 0 Å². The molecule has 5 heteroatoms. The second kappa shape index (κ2) is 6.11. The van der Waals surface area contributed by atoms with Gasteiger partial charge in [0.05, 0.1) is 18.2 Å². The molecule has 128 valence electrons. The van der Waals surface area contributed by atoms with Crippen LogP contribution in [0.2, 0.25) is 0 Å². The monoisotopic (exact) mass is 345 g/mol. The molecule has 0 aliphatic heterocycles. The van der Waals surface area contributed by atoms with Gasteiger partial charge >= 0.3 is 5.97 Å². The van der Waals surface area contributed by atoms with Gasteiger partial charge in [0.2, 0.25) is 5.78 Å². The summed E-state index contributed by atoms with van der Waals surface area (Å²) in [7, 11) is 1.26. The van der Waals surface area contributed by atoms with Crippen LogP contribution in [0, 0.1) is 0 Å². The van der Waals surface area contributed by atoms with Gasteiger partial charge in [-0.3, -0.25) is 9.59 Å². The van der Waals surface area contributed by atoms with Crippen LogP contribution < -0.4 is 0 Å². The molecule has 1 heterocycles. The zero-order valence-electron chi connectivity index (χ0n) is 14.1. The third-order valence-corrected chi connectivity index (χ3v) is 4.54. The van der Waals surface area contributed by atoms with Crippen molar-refractivity contribution in [1.29, 1.82) is 0 Å². The van der Waals surface area contributed by atoms with Crippen molar-refractivity contribution in [3.8, 4) is 0 Å². The molecule has 3 aromatic rings. The molecule has 2 aromatic carbocycles. The van der Waals surface area contributed by atoms with Gasteiger partial charge < -0.3 is 9.30 Å². The number of hydrogen-bond donors (Lipinski definition) is 0. The number of esters is 1. The van der Waals surface area contributed by atoms with Crippen molar-refractivity contribution in [1.82, 2.24) is 4.57 Å². The molecule has 0 unspecified atom stereocenters. The first-order valence-electron chi connectivity index (χ1n) is 8.15. The molecule has 0 radical (unpaired) electrons. The minimum Gasteiger partial charge on any atom is -0.465 e. The fourth-order valence-electron chi connectivity index (χ4n) is 3.34. The van der Waals surface area contributed by atoms with E-state index in [1.807, 2.05) is 30.3 Å². The highest BCUT2D eigenvalue weighted by molar-refractivity contribution is 6.30. The van der Waals surface area contributed by atoms with E-state index in [9.17, 15) is 14.4 Å². The number of hydrogen-bond acceptors (Lipinski definition) is 4. The maximum absolute atomic E-state index is 13.1. The molecule has 0 amide bonds. The molecule has 0 saturated carbocycles. The van der Waals surface area contributed by atoms with Gasteiger partial charge in [0.15, 0.2) is 5.78 Å². The number of carbonyl (C=O) groups is 3. The highest BCUT2D eigenvalue weighted by Crippen LogP contribution is 2.31. The standard InChI is InChI=1S/C21H15NO4/c1-26-21(25)16-12-22(11-13-7-3-2-4-8-13)18-17(16)19(23)14-9-5-6-10-15(14)20(18)24/h2-10,12H,11H2,1H3. The number of carbonyl (C=O) groups excluding carboxylic acids is 3. The van der Waals surface area contributed by atoms with Crippen molar-refractivity contribution >= 4 is 17.5 Å². The highest BCUT2D eigenvalue weighted by atomic mass is 16.5. The fraction of sp³-hybridized carbons (Fsp3) is 0.0952. The molecule has 0 fully saturated rings. The average Bonchev–Trinajstić information content (AvgIpc) is 3.06. The lowest BCUT2D eigenvalue weighted by Gasteiger charge is -2.17. The maximum Gasteiger partial charge on any atom is 0.340 e. The summed E-state index contributed by atoms with van der Waals surface area (Å²) in [5.41, 5.74) is 2.10. The predicted octanol–water partition coefficient (Wildman–Crippen LogP) is 3.10. The van der Waals surface area contributed by atoms with Gasteiger partial charge in [-0.25, -0.2) is 4.79 Å². The summed E-state index contributed by atoms with van der Waals surface area (Å²) in [6.45, 7) is 0.376. The van der Waals surface area contributed by atoms with Gasteiger partial charge in [0, 0.05) is 23.9 Å². The number of aromatic nitrogens is 1. The Morgan fingerprint density at radius 2 is 1.54 bits per heavy atom. The van der Waals surface area contributed by atoms with E-state index in [0.29, 0.717) is 17.7 Å². The molecule has 5 nitrogen and oxygen atoms in total. The second-order valence-electron chi connectivity index (χ2n) is 6.08. The van der Waals surface area contributed by atoms with Crippen LogP contribution in [0.5, 0.6) is 0 Å². The van der Waals surface area contributed by atoms with Gasteiger partial charge in [-0.15, -0.1) is 0 Å². The number of nitrogens with zero attached hydrogens (tertiary/aromatic N) is 1. The van der Waals surface area contributed by atoms with Crippen molar-refractivity contribution in [3.63, 3.8) is 0 Å². The van der Waals surface area contributed by atoms with E-state index in [-0.39, 0.29) is 28.4 Å². The summed E-state index contributed by atoms with van der Waals surface area (Å²) in [5.74, 6) is -1.22. The molecule has 0 bridgehead atoms. The third kappa shape index (κ3) is 2.37. The van der Waals surface area contributed by atoms with Crippen LogP contribution in [-0.4, -0.2) is 29.2 Å². The quantitative estimate of drug-likeness (QED) is 0.535. The molecule has 1 aromatic heterocycles. The lowest BCUT2D eigenvalue weighted by molar-refractivity contribution is 0.0597. The van der Waals surface area contributed by atoms with Gasteiger partial charge in [0.1, 0.15) is 5.69 Å². The first-order chi connectivity index (χ1) is 12.6. The third-order valence-electron chi connectivity index (χ3n) is 4.54. The van der Waals surface area contributed by atoms with Crippen molar-refractivity contribution < 1.29 is 19.1 Å². The largest absolute Gasteiger partial charge is 0.465 e. The van der Waals surface area contributed by atoms with E-state index in [1.54, 1.807) is 28.8 Å². The van der Waals surface area contributed by atoms with Crippen LogP contribution in [0.1, 0.15) is 47.9 Å². The Labute approximate surface area is 149 Å². The minimum absolute atomic E-state index is 0.117. The SMILES string of the molecule is COC(=O)c1cn(Cc2ccccc2)c2c1C(=O)c1ccccc1C2=O. The molecule has 4 rings (SSSR count). The molecular weight excluding hydrogens is 330 g/mol. The van der Waals surface area contributed by atoms with Crippen molar-refractivity contribution in [2.75, 3.05) is 7.11 Å². The van der Waals surface area contributed by atoms with E-state index >= 15 is 0 Å². The Bertz CT molecular complexity index is 1050. The van der Waals surface area contributed by atoms with Gasteiger partial charge in [-0.05, 0) is 5.56 Å². The normalized spacial score (nSPS) is 12.5. The topological polar surface area (TPSA) is 65.4 Å². The molecular formula is C21H15NO4. The van der Waals surface area contributed by atoms with Gasteiger partial charge in [0.25, 0.3) is 0 Å². The fourth-order valence-corrected chi connectivity index (χ4v) is 3.34. The summed E-state index contributed by atoms with van der Waals surface area (Å²) < 4.78 is 6.48. The van der Waals surface area contributed by atoms with Crippen LogP contribution in [-0.2, 0) is 11.3 Å². The lowest BCUT2D eigenvalue weighted by Crippen LogP contribution is -2.24. The zero-order chi connectivity index (χ0) is 18.3. The Morgan fingerprint density at radius 1 is 0.923 bits per heavy atom. The summed E-state index contributed by atoms with van der Waals surface area (Å²) in [6.07, 6.45) is 1.53. The highest BCUT2D eigenvalue weighted by Gasteiger charge is 2.37. The summed E-state index contributed by atoms with van der Waals surface area (Å²) in [6, 6.07) is 16.2. The summed E-state index contributed by atoms with van der Waals surface area (Å²) in [4.78, 5) is 38.3. The van der Waals surface area contributed by atoms with Crippen molar-refractivity contribution in [2.24, 2.45) is 0 Å². The first-order valence-corrected chi connectivity index (χ1v) is 8.15. The Kier molecular flexibility index (Phi) is 3.77. The van der Waals surface area contributed by atoms with Crippen LogP contribution >= 0.6 is 0 Å². The average molecular weight is 345 g/mol. The molecule has 0 spiro atoms. The Balaban J connectivity index is 1.93. The Morgan fingerprint density at radius 3 is 2.19 bits per heavy atom. The molecule has 0 saturated heterocycles. The van der Waals surface area contributed by atoms with E-state index in [4.69, 9.17) is 4.74 Å².